The van der Waals surface area contributed by atoms with Gasteiger partial charge >= 0.3 is 73.8 Å². The van der Waals surface area contributed by atoms with Gasteiger partial charge in [0.2, 0.25) is 0 Å². The van der Waals surface area contributed by atoms with Gasteiger partial charge in [-0.15, -0.1) is 0 Å². The summed E-state index contributed by atoms with van der Waals surface area (Å²) in [6, 6.07) is 0. The summed E-state index contributed by atoms with van der Waals surface area (Å²) in [6.45, 7) is 3.81. The predicted octanol–water partition coefficient (Wildman–Crippen LogP) is 0.553. The third kappa shape index (κ3) is 4.67. The summed E-state index contributed by atoms with van der Waals surface area (Å²) in [4.78, 5) is 10.5. The second-order valence-corrected chi connectivity index (χ2v) is 2.19. The molecular formula is C6H9O3Sn. The molecule has 0 spiro atoms. The molecule has 0 N–H and O–H groups in total. The Hall–Kier alpha value is -0.191. The zero-order chi connectivity index (χ0) is 7.98. The minimum absolute atomic E-state index is 0.0640. The van der Waals surface area contributed by atoms with Crippen LogP contribution in [0.25, 0.3) is 0 Å². The van der Waals surface area contributed by atoms with E-state index in [1.807, 2.05) is 6.92 Å². The standard InChI is InChI=1S/C6H10O3.Sn/c1-3-9-6(8)4-5(2)7;/h4,8H,3H2,1-2H3;/q;+1/p-1/b6-4+;. The van der Waals surface area contributed by atoms with Crippen molar-refractivity contribution >= 4 is 28.7 Å². The number of ether oxygens (including phenoxy) is 1. The van der Waals surface area contributed by atoms with Crippen LogP contribution in [0.1, 0.15) is 13.8 Å². The van der Waals surface area contributed by atoms with Gasteiger partial charge in [-0.1, -0.05) is 0 Å². The zero-order valence-electron chi connectivity index (χ0n) is 6.01. The van der Waals surface area contributed by atoms with Gasteiger partial charge in [0.25, 0.3) is 0 Å². The predicted molar refractivity (Wildman–Crippen MR) is 37.2 cm³/mol. The Kier molecular flexibility index (Phi) is 5.48. The summed E-state index contributed by atoms with van der Waals surface area (Å²) in [6.07, 6.45) is 1.33. The van der Waals surface area contributed by atoms with Crippen LogP contribution in [0.15, 0.2) is 12.0 Å². The van der Waals surface area contributed by atoms with Gasteiger partial charge in [-0.25, -0.2) is 0 Å². The molecule has 0 aliphatic carbocycles. The van der Waals surface area contributed by atoms with Gasteiger partial charge in [0.05, 0.1) is 0 Å². The van der Waals surface area contributed by atoms with Crippen molar-refractivity contribution in [3.63, 3.8) is 0 Å². The van der Waals surface area contributed by atoms with Gasteiger partial charge in [-0.2, -0.15) is 0 Å². The summed E-state index contributed by atoms with van der Waals surface area (Å²) in [5, 5.41) is 0. The number of carbonyl (C=O) groups is 1. The van der Waals surface area contributed by atoms with E-state index in [0.717, 1.165) is 22.9 Å². The molecule has 0 aliphatic heterocycles. The maximum atomic E-state index is 10.5. The third-order valence-corrected chi connectivity index (χ3v) is 1.28. The molecule has 0 aliphatic rings. The van der Waals surface area contributed by atoms with Crippen LogP contribution in [0.2, 0.25) is 0 Å². The Morgan fingerprint density at radius 1 is 1.70 bits per heavy atom. The topological polar surface area (TPSA) is 35.5 Å². The Labute approximate surface area is 74.0 Å². The maximum absolute atomic E-state index is 10.5. The molecule has 3 nitrogen and oxygen atoms in total. The fourth-order valence-electron chi connectivity index (χ4n) is 0.409. The molecule has 0 aromatic carbocycles. The summed E-state index contributed by atoms with van der Waals surface area (Å²) in [5.41, 5.74) is 0. The van der Waals surface area contributed by atoms with E-state index in [2.05, 4.69) is 0 Å². The number of hydrogen-bond acceptors (Lipinski definition) is 3. The molecule has 10 heavy (non-hydrogen) atoms. The van der Waals surface area contributed by atoms with E-state index in [9.17, 15) is 4.79 Å². The quantitative estimate of drug-likeness (QED) is 0.414. The van der Waals surface area contributed by atoms with Crippen molar-refractivity contribution in [2.75, 3.05) is 6.61 Å². The molecule has 0 amide bonds. The van der Waals surface area contributed by atoms with Crippen molar-refractivity contribution < 1.29 is 12.6 Å². The summed E-state index contributed by atoms with van der Waals surface area (Å²) < 4.78 is 9.75. The second kappa shape index (κ2) is 5.58. The van der Waals surface area contributed by atoms with Gasteiger partial charge < -0.3 is 0 Å². The first kappa shape index (κ1) is 9.81. The molecule has 3 radical (unpaired) electrons. The zero-order valence-corrected chi connectivity index (χ0v) is 8.86. The molecule has 0 saturated carbocycles. The van der Waals surface area contributed by atoms with Crippen molar-refractivity contribution in [1.82, 2.24) is 0 Å². The van der Waals surface area contributed by atoms with Crippen molar-refractivity contribution in [1.29, 1.82) is 0 Å². The van der Waals surface area contributed by atoms with Crippen LogP contribution in [0.4, 0.5) is 0 Å². The molecule has 55 valence electrons. The van der Waals surface area contributed by atoms with Crippen LogP contribution in [0, 0.1) is 0 Å². The normalized spacial score (nSPS) is 10.9. The van der Waals surface area contributed by atoms with Gasteiger partial charge in [0.1, 0.15) is 0 Å². The van der Waals surface area contributed by atoms with E-state index in [0.29, 0.717) is 12.6 Å². The number of ketones is 1. The molecule has 0 rings (SSSR count). The van der Waals surface area contributed by atoms with Crippen molar-refractivity contribution in [2.45, 2.75) is 13.8 Å². The fourth-order valence-corrected chi connectivity index (χ4v) is 0.745. The van der Waals surface area contributed by atoms with Gasteiger partial charge in [0, 0.05) is 0 Å². The number of carbonyl (C=O) groups excluding carboxylic acids is 1. The molecule has 0 fully saturated rings. The van der Waals surface area contributed by atoms with E-state index in [1.54, 1.807) is 0 Å². The van der Waals surface area contributed by atoms with Crippen LogP contribution in [-0.4, -0.2) is 35.3 Å². The molecule has 0 aromatic heterocycles. The van der Waals surface area contributed by atoms with Crippen molar-refractivity contribution in [3.05, 3.63) is 12.0 Å². The van der Waals surface area contributed by atoms with Gasteiger partial charge in [-0.05, 0) is 0 Å². The van der Waals surface area contributed by atoms with E-state index in [1.165, 1.54) is 13.0 Å². The third-order valence-electron chi connectivity index (χ3n) is 0.708. The SMILES string of the molecule is CCO/C(=C/C(C)=O)[O][Sn]. The average Bonchev–Trinajstić information content (AvgIpc) is 1.86. The minimum atomic E-state index is -0.0640. The molecule has 0 bridgehead atoms. The first-order chi connectivity index (χ1) is 4.70. The van der Waals surface area contributed by atoms with Crippen LogP contribution in [0.3, 0.4) is 0 Å². The molecule has 0 atom stereocenters. The molecule has 4 heteroatoms. The first-order valence-electron chi connectivity index (χ1n) is 2.89. The average molecular weight is 248 g/mol. The van der Waals surface area contributed by atoms with Crippen molar-refractivity contribution in [3.8, 4) is 0 Å². The monoisotopic (exact) mass is 249 g/mol. The van der Waals surface area contributed by atoms with E-state index >= 15 is 0 Å². The summed E-state index contributed by atoms with van der Waals surface area (Å²) >= 11 is 0.869. The van der Waals surface area contributed by atoms with Crippen LogP contribution in [0.5, 0.6) is 0 Å². The summed E-state index contributed by atoms with van der Waals surface area (Å²) in [7, 11) is 0. The van der Waals surface area contributed by atoms with Gasteiger partial charge in [0.15, 0.2) is 0 Å². The van der Waals surface area contributed by atoms with Crippen LogP contribution >= 0.6 is 0 Å². The Bertz CT molecular complexity index is 142. The number of allylic oxidation sites excluding steroid dienone is 1. The molecular weight excluding hydrogens is 239 g/mol. The van der Waals surface area contributed by atoms with Crippen LogP contribution < -0.4 is 0 Å². The van der Waals surface area contributed by atoms with E-state index in [-0.39, 0.29) is 5.78 Å². The number of hydrogen-bond donors (Lipinski definition) is 0. The van der Waals surface area contributed by atoms with E-state index in [4.69, 9.17) is 7.81 Å². The fraction of sp³-hybridized carbons (Fsp3) is 0.500. The van der Waals surface area contributed by atoms with Crippen LogP contribution in [-0.2, 0) is 12.6 Å². The molecule has 0 unspecified atom stereocenters. The Morgan fingerprint density at radius 2 is 2.30 bits per heavy atom. The molecule has 0 saturated heterocycles. The summed E-state index contributed by atoms with van der Waals surface area (Å²) in [5.74, 6) is 0.249. The first-order valence-corrected chi connectivity index (χ1v) is 4.05. The van der Waals surface area contributed by atoms with Gasteiger partial charge in [-0.3, -0.25) is 0 Å². The van der Waals surface area contributed by atoms with Crippen molar-refractivity contribution in [2.24, 2.45) is 0 Å². The second-order valence-electron chi connectivity index (χ2n) is 1.61. The Balaban J connectivity index is 3.91. The number of rotatable bonds is 4. The molecule has 0 heterocycles. The molecule has 0 aromatic rings. The van der Waals surface area contributed by atoms with E-state index < -0.39 is 0 Å². The Morgan fingerprint density at radius 3 is 2.60 bits per heavy atom.